The van der Waals surface area contributed by atoms with E-state index in [-0.39, 0.29) is 29.7 Å². The van der Waals surface area contributed by atoms with Gasteiger partial charge in [0.15, 0.2) is 0 Å². The van der Waals surface area contributed by atoms with Crippen LogP contribution in [0.25, 0.3) is 6.08 Å². The van der Waals surface area contributed by atoms with E-state index < -0.39 is 16.1 Å². The number of carbonyl (C=O) groups is 3. The molecule has 0 saturated carbocycles. The topological polar surface area (TPSA) is 110 Å². The summed E-state index contributed by atoms with van der Waals surface area (Å²) in [5.74, 6) is 0.514. The van der Waals surface area contributed by atoms with Crippen LogP contribution in [-0.2, 0) is 16.2 Å². The molecule has 2 aromatic carbocycles. The normalized spacial score (nSPS) is 17.8. The summed E-state index contributed by atoms with van der Waals surface area (Å²) in [6.45, 7) is 3.49. The van der Waals surface area contributed by atoms with Gasteiger partial charge in [-0.3, -0.25) is 29.4 Å². The van der Waals surface area contributed by atoms with E-state index in [1.165, 1.54) is 12.1 Å². The maximum Gasteiger partial charge on any atom is 0.294 e. The van der Waals surface area contributed by atoms with Crippen molar-refractivity contribution < 1.29 is 24.0 Å². The molecular formula is C25H25N3O6S. The molecule has 4 rings (SSSR count). The second-order valence-corrected chi connectivity index (χ2v) is 9.61. The molecular weight excluding hydrogens is 470 g/mol. The summed E-state index contributed by atoms with van der Waals surface area (Å²) >= 11 is 0.829. The average Bonchev–Trinajstić information content (AvgIpc) is 3.11. The number of benzene rings is 2. The minimum Gasteiger partial charge on any atom is -0.489 e. The smallest absolute Gasteiger partial charge is 0.294 e. The number of thioether (sulfide) groups is 1. The van der Waals surface area contributed by atoms with Crippen molar-refractivity contribution in [2.45, 2.75) is 26.4 Å². The molecule has 2 heterocycles. The predicted molar refractivity (Wildman–Crippen MR) is 132 cm³/mol. The van der Waals surface area contributed by atoms with Crippen LogP contribution in [0.1, 0.15) is 30.9 Å². The molecule has 182 valence electrons. The lowest BCUT2D eigenvalue weighted by atomic mass is 9.99. The van der Waals surface area contributed by atoms with Crippen LogP contribution in [-0.4, -0.2) is 51.4 Å². The number of hydrogen-bond donors (Lipinski definition) is 0. The molecule has 0 aliphatic carbocycles. The quantitative estimate of drug-likeness (QED) is 0.317. The molecule has 9 nitrogen and oxygen atoms in total. The molecule has 0 spiro atoms. The molecule has 10 heteroatoms. The zero-order chi connectivity index (χ0) is 24.9. The van der Waals surface area contributed by atoms with E-state index in [9.17, 15) is 24.5 Å². The first-order chi connectivity index (χ1) is 16.8. The monoisotopic (exact) mass is 495 g/mol. The van der Waals surface area contributed by atoms with E-state index >= 15 is 0 Å². The van der Waals surface area contributed by atoms with Gasteiger partial charge in [-0.25, -0.2) is 0 Å². The summed E-state index contributed by atoms with van der Waals surface area (Å²) in [5.41, 5.74) is 1.53. The predicted octanol–water partition coefficient (Wildman–Crippen LogP) is 4.47. The van der Waals surface area contributed by atoms with Crippen LogP contribution in [0.15, 0.2) is 53.4 Å². The third kappa shape index (κ3) is 6.07. The fourth-order valence-electron chi connectivity index (χ4n) is 3.82. The van der Waals surface area contributed by atoms with Crippen LogP contribution < -0.4 is 4.74 Å². The first-order valence-corrected chi connectivity index (χ1v) is 12.1. The molecule has 35 heavy (non-hydrogen) atoms. The van der Waals surface area contributed by atoms with Crippen molar-refractivity contribution in [2.75, 3.05) is 19.6 Å². The van der Waals surface area contributed by atoms with Crippen LogP contribution in [0.2, 0.25) is 0 Å². The minimum atomic E-state index is -0.461. The molecule has 2 aromatic rings. The van der Waals surface area contributed by atoms with Crippen molar-refractivity contribution in [1.82, 2.24) is 9.80 Å². The maximum atomic E-state index is 12.8. The Kier molecular flexibility index (Phi) is 7.50. The molecule has 0 N–H and O–H groups in total. The van der Waals surface area contributed by atoms with E-state index in [2.05, 4.69) is 6.92 Å². The highest BCUT2D eigenvalue weighted by molar-refractivity contribution is 8.18. The van der Waals surface area contributed by atoms with Gasteiger partial charge in [-0.05, 0) is 72.0 Å². The van der Waals surface area contributed by atoms with Crippen LogP contribution in [0.3, 0.4) is 0 Å². The first kappa shape index (κ1) is 24.5. The third-order valence-electron chi connectivity index (χ3n) is 6.03. The highest BCUT2D eigenvalue weighted by atomic mass is 32.2. The van der Waals surface area contributed by atoms with Crippen molar-refractivity contribution >= 4 is 40.6 Å². The number of imide groups is 1. The molecule has 0 radical (unpaired) electrons. The van der Waals surface area contributed by atoms with Gasteiger partial charge < -0.3 is 9.64 Å². The van der Waals surface area contributed by atoms with Crippen molar-refractivity contribution in [3.63, 3.8) is 0 Å². The van der Waals surface area contributed by atoms with Gasteiger partial charge in [0.25, 0.3) is 16.8 Å². The standard InChI is InChI=1S/C25H25N3O6S/c1-17-10-12-26(13-11-17)23(29)15-27-24(30)22(35-25(27)31)14-18-4-8-21(9-5-18)34-16-19-2-6-20(7-3-19)28(32)33/h2-9,14,17H,10-13,15-16H2,1H3/b22-14+. The molecule has 3 amide bonds. The number of likely N-dealkylation sites (tertiary alicyclic amines) is 1. The van der Waals surface area contributed by atoms with Crippen molar-refractivity contribution in [1.29, 1.82) is 0 Å². The molecule has 0 aromatic heterocycles. The Labute approximate surface area is 206 Å². The lowest BCUT2D eigenvalue weighted by Crippen LogP contribution is -2.45. The minimum absolute atomic E-state index is 0.0213. The Hall–Kier alpha value is -3.66. The number of piperidine rings is 1. The fraction of sp³-hybridized carbons (Fsp3) is 0.320. The van der Waals surface area contributed by atoms with Gasteiger partial charge in [0.2, 0.25) is 5.91 Å². The van der Waals surface area contributed by atoms with Crippen molar-refractivity contribution in [3.8, 4) is 5.75 Å². The summed E-state index contributed by atoms with van der Waals surface area (Å²) in [6.07, 6.45) is 3.49. The van der Waals surface area contributed by atoms with Gasteiger partial charge in [0.05, 0.1) is 9.83 Å². The summed E-state index contributed by atoms with van der Waals surface area (Å²) < 4.78 is 5.71. The van der Waals surface area contributed by atoms with E-state index in [0.29, 0.717) is 24.8 Å². The Bertz CT molecular complexity index is 1150. The molecule has 2 fully saturated rings. The average molecular weight is 496 g/mol. The SMILES string of the molecule is CC1CCN(C(=O)CN2C(=O)S/C(=C/c3ccc(OCc4ccc([N+](=O)[O-])cc4)cc3)C2=O)CC1. The van der Waals surface area contributed by atoms with Crippen LogP contribution in [0.5, 0.6) is 5.75 Å². The van der Waals surface area contributed by atoms with E-state index in [1.807, 2.05) is 0 Å². The molecule has 2 aliphatic heterocycles. The van der Waals surface area contributed by atoms with E-state index in [0.717, 1.165) is 40.6 Å². The summed E-state index contributed by atoms with van der Waals surface area (Å²) in [7, 11) is 0. The van der Waals surface area contributed by atoms with Gasteiger partial charge in [0, 0.05) is 25.2 Å². The van der Waals surface area contributed by atoms with Crippen LogP contribution in [0.4, 0.5) is 10.5 Å². The van der Waals surface area contributed by atoms with Gasteiger partial charge >= 0.3 is 0 Å². The molecule has 2 saturated heterocycles. The number of rotatable bonds is 7. The Morgan fingerprint density at radius 3 is 2.40 bits per heavy atom. The lowest BCUT2D eigenvalue weighted by Gasteiger charge is -2.31. The molecule has 0 unspecified atom stereocenters. The van der Waals surface area contributed by atoms with Crippen LogP contribution in [0, 0.1) is 16.0 Å². The van der Waals surface area contributed by atoms with Gasteiger partial charge in [-0.1, -0.05) is 19.1 Å². The number of non-ortho nitro benzene ring substituents is 1. The Morgan fingerprint density at radius 2 is 1.77 bits per heavy atom. The summed E-state index contributed by atoms with van der Waals surface area (Å²) in [5, 5.41) is 10.3. The van der Waals surface area contributed by atoms with Crippen molar-refractivity contribution in [2.24, 2.45) is 5.92 Å². The zero-order valence-electron chi connectivity index (χ0n) is 19.2. The van der Waals surface area contributed by atoms with Crippen LogP contribution >= 0.6 is 11.8 Å². The van der Waals surface area contributed by atoms with Gasteiger partial charge in [0.1, 0.15) is 18.9 Å². The Balaban J connectivity index is 1.33. The van der Waals surface area contributed by atoms with Gasteiger partial charge in [-0.15, -0.1) is 0 Å². The molecule has 0 bridgehead atoms. The van der Waals surface area contributed by atoms with E-state index in [1.54, 1.807) is 47.4 Å². The van der Waals surface area contributed by atoms with Gasteiger partial charge in [-0.2, -0.15) is 0 Å². The lowest BCUT2D eigenvalue weighted by molar-refractivity contribution is -0.384. The van der Waals surface area contributed by atoms with E-state index in [4.69, 9.17) is 4.74 Å². The second kappa shape index (κ2) is 10.7. The maximum absolute atomic E-state index is 12.8. The summed E-state index contributed by atoms with van der Waals surface area (Å²) in [6, 6.07) is 13.1. The highest BCUT2D eigenvalue weighted by Gasteiger charge is 2.37. The van der Waals surface area contributed by atoms with Crippen molar-refractivity contribution in [3.05, 3.63) is 74.7 Å². The number of nitro groups is 1. The zero-order valence-corrected chi connectivity index (χ0v) is 20.0. The highest BCUT2D eigenvalue weighted by Crippen LogP contribution is 2.32. The number of carbonyl (C=O) groups excluding carboxylic acids is 3. The number of amides is 3. The third-order valence-corrected chi connectivity index (χ3v) is 6.94. The largest absolute Gasteiger partial charge is 0.489 e. The fourth-order valence-corrected chi connectivity index (χ4v) is 4.66. The number of hydrogen-bond acceptors (Lipinski definition) is 7. The molecule has 0 atom stereocenters. The number of ether oxygens (including phenoxy) is 1. The molecule has 2 aliphatic rings. The number of nitro benzene ring substituents is 1. The second-order valence-electron chi connectivity index (χ2n) is 8.61. The number of nitrogens with zero attached hydrogens (tertiary/aromatic N) is 3. The summed E-state index contributed by atoms with van der Waals surface area (Å²) in [4.78, 5) is 51.0. The Morgan fingerprint density at radius 1 is 1.11 bits per heavy atom. The first-order valence-electron chi connectivity index (χ1n) is 11.3.